The van der Waals surface area contributed by atoms with Crippen LogP contribution in [0.25, 0.3) is 0 Å². The van der Waals surface area contributed by atoms with Gasteiger partial charge in [-0.15, -0.1) is 0 Å². The molecule has 2 amide bonds. The van der Waals surface area contributed by atoms with Gasteiger partial charge in [0.1, 0.15) is 0 Å². The predicted molar refractivity (Wildman–Crippen MR) is 97.5 cm³/mol. The van der Waals surface area contributed by atoms with Gasteiger partial charge in [0.25, 0.3) is 0 Å². The van der Waals surface area contributed by atoms with E-state index in [1.807, 2.05) is 42.5 Å². The SMILES string of the molecule is CC(=O)Nc1cccc(CCCCc2ccc(CC(=O)NO)cc2)c1. The van der Waals surface area contributed by atoms with Gasteiger partial charge in [-0.25, -0.2) is 5.48 Å². The molecule has 0 saturated carbocycles. The van der Waals surface area contributed by atoms with E-state index in [0.717, 1.165) is 36.9 Å². The first-order valence-corrected chi connectivity index (χ1v) is 8.44. The molecule has 0 fully saturated rings. The minimum absolute atomic E-state index is 0.0583. The lowest BCUT2D eigenvalue weighted by Gasteiger charge is -2.07. The van der Waals surface area contributed by atoms with E-state index in [-0.39, 0.29) is 12.3 Å². The van der Waals surface area contributed by atoms with Gasteiger partial charge >= 0.3 is 0 Å². The average Bonchev–Trinajstić information content (AvgIpc) is 2.60. The maximum atomic E-state index is 11.1. The van der Waals surface area contributed by atoms with Gasteiger partial charge in [0.05, 0.1) is 6.42 Å². The van der Waals surface area contributed by atoms with E-state index >= 15 is 0 Å². The Balaban J connectivity index is 1.75. The Hall–Kier alpha value is -2.66. The number of benzene rings is 2. The third-order valence-electron chi connectivity index (χ3n) is 3.94. The second-order valence-electron chi connectivity index (χ2n) is 6.12. The fourth-order valence-electron chi connectivity index (χ4n) is 2.71. The zero-order valence-electron chi connectivity index (χ0n) is 14.4. The fraction of sp³-hybridized carbons (Fsp3) is 0.300. The van der Waals surface area contributed by atoms with Crippen molar-refractivity contribution in [3.8, 4) is 0 Å². The zero-order chi connectivity index (χ0) is 18.1. The molecule has 0 spiro atoms. The topological polar surface area (TPSA) is 78.4 Å². The molecule has 0 saturated heterocycles. The van der Waals surface area contributed by atoms with Crippen molar-refractivity contribution < 1.29 is 14.8 Å². The summed E-state index contributed by atoms with van der Waals surface area (Å²) in [5, 5.41) is 11.3. The largest absolute Gasteiger partial charge is 0.326 e. The Labute approximate surface area is 148 Å². The Morgan fingerprint density at radius 3 is 2.20 bits per heavy atom. The maximum Gasteiger partial charge on any atom is 0.247 e. The summed E-state index contributed by atoms with van der Waals surface area (Å²) in [6.07, 6.45) is 4.28. The number of hydrogen-bond donors (Lipinski definition) is 3. The van der Waals surface area contributed by atoms with Crippen LogP contribution in [0, 0.1) is 0 Å². The summed E-state index contributed by atoms with van der Waals surface area (Å²) >= 11 is 0. The third kappa shape index (κ3) is 6.77. The molecular weight excluding hydrogens is 316 g/mol. The number of unbranched alkanes of at least 4 members (excludes halogenated alkanes) is 1. The second-order valence-corrected chi connectivity index (χ2v) is 6.12. The van der Waals surface area contributed by atoms with Crippen molar-refractivity contribution in [1.82, 2.24) is 5.48 Å². The Bertz CT molecular complexity index is 711. The first kappa shape index (κ1) is 18.7. The van der Waals surface area contributed by atoms with Crippen LogP contribution in [0.1, 0.15) is 36.5 Å². The Morgan fingerprint density at radius 2 is 1.56 bits per heavy atom. The zero-order valence-corrected chi connectivity index (χ0v) is 14.4. The molecule has 0 unspecified atom stereocenters. The molecule has 5 heteroatoms. The van der Waals surface area contributed by atoms with Crippen LogP contribution < -0.4 is 10.8 Å². The van der Waals surface area contributed by atoms with Crippen LogP contribution in [-0.2, 0) is 28.9 Å². The van der Waals surface area contributed by atoms with Crippen molar-refractivity contribution in [2.75, 3.05) is 5.32 Å². The highest BCUT2D eigenvalue weighted by Crippen LogP contribution is 2.14. The van der Waals surface area contributed by atoms with Gasteiger partial charge < -0.3 is 5.32 Å². The van der Waals surface area contributed by atoms with Crippen molar-refractivity contribution in [1.29, 1.82) is 0 Å². The molecule has 2 aromatic carbocycles. The highest BCUT2D eigenvalue weighted by Gasteiger charge is 2.02. The van der Waals surface area contributed by atoms with E-state index in [0.29, 0.717) is 0 Å². The minimum Gasteiger partial charge on any atom is -0.326 e. The molecule has 0 radical (unpaired) electrons. The van der Waals surface area contributed by atoms with Gasteiger partial charge in [-0.3, -0.25) is 14.8 Å². The molecule has 25 heavy (non-hydrogen) atoms. The molecule has 5 nitrogen and oxygen atoms in total. The first-order valence-electron chi connectivity index (χ1n) is 8.44. The molecule has 2 aromatic rings. The molecule has 0 aromatic heterocycles. The van der Waals surface area contributed by atoms with E-state index < -0.39 is 5.91 Å². The van der Waals surface area contributed by atoms with Crippen molar-refractivity contribution in [3.05, 3.63) is 65.2 Å². The number of hydrogen-bond acceptors (Lipinski definition) is 3. The summed E-state index contributed by atoms with van der Waals surface area (Å²) in [5.74, 6) is -0.466. The molecule has 2 rings (SSSR count). The molecule has 3 N–H and O–H groups in total. The van der Waals surface area contributed by atoms with Crippen molar-refractivity contribution >= 4 is 17.5 Å². The van der Waals surface area contributed by atoms with Crippen molar-refractivity contribution in [2.24, 2.45) is 0 Å². The van der Waals surface area contributed by atoms with Gasteiger partial charge in [0.15, 0.2) is 0 Å². The van der Waals surface area contributed by atoms with Crippen LogP contribution in [0.4, 0.5) is 5.69 Å². The molecule has 0 atom stereocenters. The van der Waals surface area contributed by atoms with Crippen LogP contribution in [0.15, 0.2) is 48.5 Å². The summed E-state index contributed by atoms with van der Waals surface area (Å²) < 4.78 is 0. The number of amides is 2. The summed E-state index contributed by atoms with van der Waals surface area (Å²) in [6.45, 7) is 1.51. The van der Waals surface area contributed by atoms with E-state index in [2.05, 4.69) is 11.4 Å². The number of carbonyl (C=O) groups is 2. The Kier molecular flexibility index (Phi) is 7.16. The van der Waals surface area contributed by atoms with Crippen molar-refractivity contribution in [3.63, 3.8) is 0 Å². The quantitative estimate of drug-likeness (QED) is 0.392. The average molecular weight is 340 g/mol. The van der Waals surface area contributed by atoms with E-state index in [1.54, 1.807) is 5.48 Å². The van der Waals surface area contributed by atoms with Gasteiger partial charge in [0.2, 0.25) is 11.8 Å². The normalized spacial score (nSPS) is 10.3. The maximum absolute atomic E-state index is 11.1. The predicted octanol–water partition coefficient (Wildman–Crippen LogP) is 3.26. The third-order valence-corrected chi connectivity index (χ3v) is 3.94. The smallest absolute Gasteiger partial charge is 0.247 e. The summed E-state index contributed by atoms with van der Waals surface area (Å²) in [7, 11) is 0. The van der Waals surface area contributed by atoms with Crippen LogP contribution in [0.3, 0.4) is 0 Å². The van der Waals surface area contributed by atoms with E-state index in [1.165, 1.54) is 18.1 Å². The summed E-state index contributed by atoms with van der Waals surface area (Å²) in [5.41, 5.74) is 5.81. The minimum atomic E-state index is -0.408. The standard InChI is InChI=1S/C20H24N2O3/c1-15(23)21-19-8-4-7-17(13-19)6-3-2-5-16-9-11-18(12-10-16)14-20(24)22-25/h4,7-13,25H,2-3,5-6,14H2,1H3,(H,21,23)(H,22,24). The van der Waals surface area contributed by atoms with Gasteiger partial charge in [0, 0.05) is 12.6 Å². The van der Waals surface area contributed by atoms with Gasteiger partial charge in [-0.1, -0.05) is 36.4 Å². The van der Waals surface area contributed by atoms with Gasteiger partial charge in [-0.2, -0.15) is 0 Å². The lowest BCUT2D eigenvalue weighted by atomic mass is 10.0. The number of carbonyl (C=O) groups excluding carboxylic acids is 2. The highest BCUT2D eigenvalue weighted by atomic mass is 16.5. The summed E-state index contributed by atoms with van der Waals surface area (Å²) in [6, 6.07) is 15.8. The number of rotatable bonds is 8. The van der Waals surface area contributed by atoms with Crippen molar-refractivity contribution in [2.45, 2.75) is 39.0 Å². The number of aryl methyl sites for hydroxylation is 2. The van der Waals surface area contributed by atoms with Gasteiger partial charge in [-0.05, 0) is 54.5 Å². The molecular formula is C20H24N2O3. The Morgan fingerprint density at radius 1 is 0.920 bits per heavy atom. The van der Waals surface area contributed by atoms with Crippen LogP contribution >= 0.6 is 0 Å². The molecule has 0 aliphatic rings. The monoisotopic (exact) mass is 340 g/mol. The van der Waals surface area contributed by atoms with Crippen LogP contribution in [0.5, 0.6) is 0 Å². The summed E-state index contributed by atoms with van der Waals surface area (Å²) in [4.78, 5) is 22.2. The second kappa shape index (κ2) is 9.59. The molecule has 0 aliphatic carbocycles. The number of nitrogens with one attached hydrogen (secondary N) is 2. The lowest BCUT2D eigenvalue weighted by molar-refractivity contribution is -0.128. The molecule has 0 heterocycles. The number of hydroxylamine groups is 1. The molecule has 0 aliphatic heterocycles. The fourth-order valence-corrected chi connectivity index (χ4v) is 2.71. The first-order chi connectivity index (χ1) is 12.1. The lowest BCUT2D eigenvalue weighted by Crippen LogP contribution is -2.20. The molecule has 132 valence electrons. The van der Waals surface area contributed by atoms with Crippen LogP contribution in [-0.4, -0.2) is 17.0 Å². The van der Waals surface area contributed by atoms with Crippen LogP contribution in [0.2, 0.25) is 0 Å². The highest BCUT2D eigenvalue weighted by molar-refractivity contribution is 5.88. The number of anilines is 1. The van der Waals surface area contributed by atoms with E-state index in [4.69, 9.17) is 5.21 Å². The molecule has 0 bridgehead atoms. The van der Waals surface area contributed by atoms with E-state index in [9.17, 15) is 9.59 Å².